The van der Waals surface area contributed by atoms with Gasteiger partial charge in [-0.25, -0.2) is 4.98 Å². The summed E-state index contributed by atoms with van der Waals surface area (Å²) in [7, 11) is 7.37. The summed E-state index contributed by atoms with van der Waals surface area (Å²) in [5, 5.41) is 7.82. The lowest BCUT2D eigenvalue weighted by atomic mass is 10.1. The molecule has 3 aromatic rings. The van der Waals surface area contributed by atoms with E-state index in [2.05, 4.69) is 27.8 Å². The fourth-order valence-electron chi connectivity index (χ4n) is 3.12. The first-order valence-electron chi connectivity index (χ1n) is 9.90. The minimum absolute atomic E-state index is 0. The van der Waals surface area contributed by atoms with Crippen LogP contribution < -0.4 is 25.0 Å². The number of benzene rings is 2. The number of fused-ring (bicyclic) bond motifs is 1. The molecule has 2 aromatic carbocycles. The number of nitrogens with one attached hydrogen (secondary N) is 2. The molecule has 0 saturated heterocycles. The molecule has 0 aliphatic carbocycles. The van der Waals surface area contributed by atoms with Gasteiger partial charge in [-0.15, -0.1) is 24.0 Å². The summed E-state index contributed by atoms with van der Waals surface area (Å²) >= 11 is 0. The number of aliphatic imine (C=N–C) groups is 1. The van der Waals surface area contributed by atoms with Crippen LogP contribution in [0.25, 0.3) is 10.9 Å². The van der Waals surface area contributed by atoms with Gasteiger partial charge in [0.15, 0.2) is 17.5 Å². The predicted molar refractivity (Wildman–Crippen MR) is 139 cm³/mol. The minimum Gasteiger partial charge on any atom is -0.493 e. The largest absolute Gasteiger partial charge is 0.493 e. The average molecular weight is 535 g/mol. The van der Waals surface area contributed by atoms with Crippen LogP contribution in [0.2, 0.25) is 0 Å². The van der Waals surface area contributed by atoms with E-state index >= 15 is 0 Å². The van der Waals surface area contributed by atoms with Crippen LogP contribution in [0.15, 0.2) is 53.5 Å². The molecule has 31 heavy (non-hydrogen) atoms. The van der Waals surface area contributed by atoms with Crippen molar-refractivity contribution in [3.8, 4) is 11.5 Å². The van der Waals surface area contributed by atoms with Crippen molar-refractivity contribution in [3.05, 3.63) is 54.1 Å². The minimum atomic E-state index is 0. The number of anilines is 2. The first kappa shape index (κ1) is 24.5. The van der Waals surface area contributed by atoms with Crippen LogP contribution in [0.1, 0.15) is 12.5 Å². The number of halogens is 1. The summed E-state index contributed by atoms with van der Waals surface area (Å²) in [6, 6.07) is 16.0. The van der Waals surface area contributed by atoms with Crippen molar-refractivity contribution in [2.24, 2.45) is 4.99 Å². The number of nitrogens with zero attached hydrogens (tertiary/aromatic N) is 3. The highest BCUT2D eigenvalue weighted by molar-refractivity contribution is 14.0. The lowest BCUT2D eigenvalue weighted by Crippen LogP contribution is -2.30. The van der Waals surface area contributed by atoms with Crippen LogP contribution in [-0.2, 0) is 6.54 Å². The van der Waals surface area contributed by atoms with E-state index in [-0.39, 0.29) is 24.0 Å². The lowest BCUT2D eigenvalue weighted by molar-refractivity contribution is 0.311. The molecular weight excluding hydrogens is 505 g/mol. The van der Waals surface area contributed by atoms with E-state index in [0.717, 1.165) is 28.0 Å². The van der Waals surface area contributed by atoms with Gasteiger partial charge in [0, 0.05) is 44.8 Å². The molecule has 0 aliphatic rings. The van der Waals surface area contributed by atoms with Gasteiger partial charge in [-0.05, 0) is 36.8 Å². The van der Waals surface area contributed by atoms with Crippen LogP contribution in [0, 0.1) is 0 Å². The molecule has 7 nitrogen and oxygen atoms in total. The Morgan fingerprint density at radius 3 is 2.55 bits per heavy atom. The van der Waals surface area contributed by atoms with Gasteiger partial charge in [-0.1, -0.05) is 18.2 Å². The second-order valence-corrected chi connectivity index (χ2v) is 6.90. The Balaban J connectivity index is 0.00000341. The SMILES string of the molecule is CCOc1cc(NC(=NC)NCc2cc(N(C)C)nc3ccccc23)ccc1OC.I. The Morgan fingerprint density at radius 2 is 1.87 bits per heavy atom. The molecule has 0 atom stereocenters. The van der Waals surface area contributed by atoms with Crippen molar-refractivity contribution in [1.82, 2.24) is 10.3 Å². The van der Waals surface area contributed by atoms with Gasteiger partial charge in [-0.2, -0.15) is 0 Å². The molecule has 0 radical (unpaired) electrons. The molecule has 166 valence electrons. The molecule has 0 amide bonds. The van der Waals surface area contributed by atoms with Crippen LogP contribution in [0.4, 0.5) is 11.5 Å². The van der Waals surface area contributed by atoms with E-state index < -0.39 is 0 Å². The molecule has 1 aromatic heterocycles. The zero-order chi connectivity index (χ0) is 21.5. The Kier molecular flexibility index (Phi) is 9.17. The summed E-state index contributed by atoms with van der Waals surface area (Å²) in [4.78, 5) is 11.1. The third kappa shape index (κ3) is 6.13. The fourth-order valence-corrected chi connectivity index (χ4v) is 3.12. The number of para-hydroxylation sites is 1. The van der Waals surface area contributed by atoms with Crippen molar-refractivity contribution in [1.29, 1.82) is 0 Å². The van der Waals surface area contributed by atoms with Crippen LogP contribution in [-0.4, -0.2) is 45.8 Å². The maximum absolute atomic E-state index is 5.66. The molecule has 0 saturated carbocycles. The van der Waals surface area contributed by atoms with Crippen molar-refractivity contribution >= 4 is 52.3 Å². The maximum Gasteiger partial charge on any atom is 0.195 e. The summed E-state index contributed by atoms with van der Waals surface area (Å²) in [5.74, 6) is 2.97. The molecule has 1 heterocycles. The average Bonchev–Trinajstić information content (AvgIpc) is 2.76. The molecule has 0 spiro atoms. The van der Waals surface area contributed by atoms with E-state index in [0.29, 0.717) is 30.6 Å². The molecule has 3 rings (SSSR count). The number of hydrogen-bond acceptors (Lipinski definition) is 5. The zero-order valence-electron chi connectivity index (χ0n) is 18.6. The molecule has 0 bridgehead atoms. The van der Waals surface area contributed by atoms with E-state index in [4.69, 9.17) is 14.5 Å². The Morgan fingerprint density at radius 1 is 1.10 bits per heavy atom. The molecule has 0 aliphatic heterocycles. The Labute approximate surface area is 200 Å². The molecular formula is C23H30IN5O2. The summed E-state index contributed by atoms with van der Waals surface area (Å²) < 4.78 is 11.0. The lowest BCUT2D eigenvalue weighted by Gasteiger charge is -2.17. The molecule has 0 fully saturated rings. The number of hydrogen-bond donors (Lipinski definition) is 2. The highest BCUT2D eigenvalue weighted by Crippen LogP contribution is 2.30. The second kappa shape index (κ2) is 11.6. The van der Waals surface area contributed by atoms with E-state index in [1.807, 2.05) is 62.3 Å². The van der Waals surface area contributed by atoms with Crippen molar-refractivity contribution in [2.45, 2.75) is 13.5 Å². The van der Waals surface area contributed by atoms with Gasteiger partial charge in [-0.3, -0.25) is 4.99 Å². The standard InChI is InChI=1S/C23H29N5O2.HI/c1-6-30-21-14-17(11-12-20(21)29-5)26-23(24-2)25-15-16-13-22(28(3)4)27-19-10-8-7-9-18(16)19;/h7-14H,6,15H2,1-5H3,(H2,24,25,26);1H. The molecule has 2 N–H and O–H groups in total. The van der Waals surface area contributed by atoms with Gasteiger partial charge in [0.1, 0.15) is 5.82 Å². The van der Waals surface area contributed by atoms with Gasteiger partial charge in [0.2, 0.25) is 0 Å². The monoisotopic (exact) mass is 535 g/mol. The number of aromatic nitrogens is 1. The summed E-state index contributed by atoms with van der Waals surface area (Å²) in [6.45, 7) is 3.12. The molecule has 8 heteroatoms. The van der Waals surface area contributed by atoms with Gasteiger partial charge >= 0.3 is 0 Å². The second-order valence-electron chi connectivity index (χ2n) is 6.90. The van der Waals surface area contributed by atoms with Crippen molar-refractivity contribution < 1.29 is 9.47 Å². The Bertz CT molecular complexity index is 1040. The van der Waals surface area contributed by atoms with E-state index in [9.17, 15) is 0 Å². The summed E-state index contributed by atoms with van der Waals surface area (Å²) in [5.41, 5.74) is 2.98. The first-order chi connectivity index (χ1) is 14.5. The maximum atomic E-state index is 5.66. The normalized spacial score (nSPS) is 10.9. The van der Waals surface area contributed by atoms with Crippen molar-refractivity contribution in [3.63, 3.8) is 0 Å². The number of pyridine rings is 1. The van der Waals surface area contributed by atoms with Gasteiger partial charge in [0.25, 0.3) is 0 Å². The number of rotatable bonds is 7. The van der Waals surface area contributed by atoms with Gasteiger partial charge in [0.05, 0.1) is 19.2 Å². The quantitative estimate of drug-likeness (QED) is 0.264. The smallest absolute Gasteiger partial charge is 0.195 e. The summed E-state index contributed by atoms with van der Waals surface area (Å²) in [6.07, 6.45) is 0. The van der Waals surface area contributed by atoms with E-state index in [1.165, 1.54) is 0 Å². The first-order valence-corrected chi connectivity index (χ1v) is 9.90. The Hall–Kier alpha value is -2.75. The fraction of sp³-hybridized carbons (Fsp3) is 0.304. The molecule has 0 unspecified atom stereocenters. The van der Waals surface area contributed by atoms with Crippen molar-refractivity contribution in [2.75, 3.05) is 45.1 Å². The third-order valence-electron chi connectivity index (χ3n) is 4.64. The zero-order valence-corrected chi connectivity index (χ0v) is 20.9. The van der Waals surface area contributed by atoms with Gasteiger partial charge < -0.3 is 25.0 Å². The third-order valence-corrected chi connectivity index (χ3v) is 4.64. The number of methoxy groups -OCH3 is 1. The predicted octanol–water partition coefficient (Wildman–Crippen LogP) is 4.51. The number of guanidine groups is 1. The highest BCUT2D eigenvalue weighted by Gasteiger charge is 2.10. The number of ether oxygens (including phenoxy) is 2. The van der Waals surface area contributed by atoms with Crippen LogP contribution in [0.3, 0.4) is 0 Å². The van der Waals surface area contributed by atoms with Crippen LogP contribution >= 0.6 is 24.0 Å². The topological polar surface area (TPSA) is 71.0 Å². The van der Waals surface area contributed by atoms with E-state index in [1.54, 1.807) is 14.2 Å². The highest BCUT2D eigenvalue weighted by atomic mass is 127. The van der Waals surface area contributed by atoms with Crippen LogP contribution in [0.5, 0.6) is 11.5 Å².